The highest BCUT2D eigenvalue weighted by atomic mass is 16.4. The maximum absolute atomic E-state index is 10.9. The Hall–Kier alpha value is -3.16. The fourth-order valence-electron chi connectivity index (χ4n) is 3.38. The number of carbonyl (C=O) groups is 1. The molecule has 2 aromatic carbocycles. The molecule has 0 saturated carbocycles. The third-order valence-electron chi connectivity index (χ3n) is 4.63. The summed E-state index contributed by atoms with van der Waals surface area (Å²) in [6.07, 6.45) is -0.00413. The van der Waals surface area contributed by atoms with Crippen LogP contribution >= 0.6 is 0 Å². The number of carboxylic acids is 1. The van der Waals surface area contributed by atoms with Crippen molar-refractivity contribution in [2.24, 2.45) is 5.73 Å². The second-order valence-electron chi connectivity index (χ2n) is 6.55. The number of benzene rings is 2. The van der Waals surface area contributed by atoms with E-state index in [0.29, 0.717) is 6.54 Å². The number of hydrogen-bond donors (Lipinski definition) is 5. The van der Waals surface area contributed by atoms with Crippen LogP contribution < -0.4 is 11.1 Å². The van der Waals surface area contributed by atoms with Gasteiger partial charge in [-0.15, -0.1) is 0 Å². The zero-order valence-electron chi connectivity index (χ0n) is 14.7. The second-order valence-corrected chi connectivity index (χ2v) is 6.55. The number of H-pyrrole nitrogens is 2. The van der Waals surface area contributed by atoms with Gasteiger partial charge in [-0.25, -0.2) is 0 Å². The van der Waals surface area contributed by atoms with Crippen LogP contribution in [0.5, 0.6) is 0 Å². The summed E-state index contributed by atoms with van der Waals surface area (Å²) < 4.78 is 0. The Morgan fingerprint density at radius 2 is 2.04 bits per heavy atom. The van der Waals surface area contributed by atoms with E-state index < -0.39 is 5.97 Å². The highest BCUT2D eigenvalue weighted by Gasteiger charge is 2.13. The van der Waals surface area contributed by atoms with Crippen LogP contribution in [0.1, 0.15) is 11.1 Å². The molecule has 0 spiro atoms. The summed E-state index contributed by atoms with van der Waals surface area (Å²) in [5, 5.41) is 21.9. The van der Waals surface area contributed by atoms with Crippen LogP contribution in [-0.2, 0) is 17.8 Å². The smallest absolute Gasteiger partial charge is 0.307 e. The molecule has 6 N–H and O–H groups in total. The Bertz CT molecular complexity index is 1110. The number of carboxylic acid groups (broad SMARTS) is 1. The molecular weight excluding hydrogens is 342 g/mol. The highest BCUT2D eigenvalue weighted by Crippen LogP contribution is 2.30. The molecule has 138 valence electrons. The van der Waals surface area contributed by atoms with E-state index in [2.05, 4.69) is 32.6 Å². The first-order chi connectivity index (χ1) is 13.2. The van der Waals surface area contributed by atoms with Gasteiger partial charge in [-0.3, -0.25) is 9.89 Å². The maximum atomic E-state index is 10.9. The molecule has 27 heavy (non-hydrogen) atoms. The molecule has 0 fully saturated rings. The molecule has 0 amide bonds. The molecule has 0 saturated heterocycles. The van der Waals surface area contributed by atoms with E-state index in [1.165, 1.54) is 5.56 Å². The SMILES string of the molecule is NCCNCc1cccc2[nH]c(-c3n[nH]c4cc(CC(=O)O)ccc34)cc12. The molecule has 0 bridgehead atoms. The van der Waals surface area contributed by atoms with Gasteiger partial charge >= 0.3 is 5.97 Å². The maximum Gasteiger partial charge on any atom is 0.307 e. The number of hydrogen-bond acceptors (Lipinski definition) is 4. The summed E-state index contributed by atoms with van der Waals surface area (Å²) in [6.45, 7) is 2.14. The van der Waals surface area contributed by atoms with Gasteiger partial charge in [0.1, 0.15) is 5.69 Å². The first-order valence-corrected chi connectivity index (χ1v) is 8.86. The minimum absolute atomic E-state index is 0.00413. The predicted molar refractivity (Wildman–Crippen MR) is 105 cm³/mol. The summed E-state index contributed by atoms with van der Waals surface area (Å²) in [6, 6.07) is 13.9. The van der Waals surface area contributed by atoms with Crippen molar-refractivity contribution in [3.8, 4) is 11.4 Å². The van der Waals surface area contributed by atoms with Crippen LogP contribution in [0.2, 0.25) is 0 Å². The lowest BCUT2D eigenvalue weighted by atomic mass is 10.1. The fraction of sp³-hybridized carbons (Fsp3) is 0.200. The molecule has 0 unspecified atom stereocenters. The predicted octanol–water partition coefficient (Wildman–Crippen LogP) is 2.39. The van der Waals surface area contributed by atoms with Crippen molar-refractivity contribution in [1.82, 2.24) is 20.5 Å². The van der Waals surface area contributed by atoms with Gasteiger partial charge in [0.2, 0.25) is 0 Å². The Balaban J connectivity index is 1.71. The normalized spacial score (nSPS) is 11.4. The molecule has 7 heteroatoms. The summed E-state index contributed by atoms with van der Waals surface area (Å²) in [5.41, 5.74) is 11.1. The molecule has 7 nitrogen and oxygen atoms in total. The Labute approximate surface area is 155 Å². The van der Waals surface area contributed by atoms with Crippen molar-refractivity contribution in [2.75, 3.05) is 13.1 Å². The first kappa shape index (κ1) is 17.3. The first-order valence-electron chi connectivity index (χ1n) is 8.86. The van der Waals surface area contributed by atoms with Crippen molar-refractivity contribution in [2.45, 2.75) is 13.0 Å². The largest absolute Gasteiger partial charge is 0.481 e. The molecule has 4 rings (SSSR count). The minimum atomic E-state index is -0.847. The van der Waals surface area contributed by atoms with Crippen molar-refractivity contribution in [1.29, 1.82) is 0 Å². The second kappa shape index (κ2) is 7.22. The number of nitrogens with one attached hydrogen (secondary N) is 3. The van der Waals surface area contributed by atoms with E-state index in [9.17, 15) is 4.79 Å². The molecule has 0 atom stereocenters. The van der Waals surface area contributed by atoms with Crippen LogP contribution in [0.15, 0.2) is 42.5 Å². The number of aromatic amines is 2. The van der Waals surface area contributed by atoms with E-state index in [4.69, 9.17) is 10.8 Å². The Morgan fingerprint density at radius 3 is 2.85 bits per heavy atom. The average molecular weight is 363 g/mol. The van der Waals surface area contributed by atoms with E-state index in [-0.39, 0.29) is 6.42 Å². The zero-order chi connectivity index (χ0) is 18.8. The fourth-order valence-corrected chi connectivity index (χ4v) is 3.38. The van der Waals surface area contributed by atoms with Crippen LogP contribution in [0.3, 0.4) is 0 Å². The molecule has 0 aliphatic rings. The number of fused-ring (bicyclic) bond motifs is 2. The number of aliphatic carboxylic acids is 1. The van der Waals surface area contributed by atoms with Crippen LogP contribution in [0.4, 0.5) is 0 Å². The summed E-state index contributed by atoms with van der Waals surface area (Å²) >= 11 is 0. The van der Waals surface area contributed by atoms with Gasteiger partial charge in [0.25, 0.3) is 0 Å². The zero-order valence-corrected chi connectivity index (χ0v) is 14.7. The molecule has 0 radical (unpaired) electrons. The molecule has 0 aliphatic heterocycles. The monoisotopic (exact) mass is 363 g/mol. The Morgan fingerprint density at radius 1 is 1.15 bits per heavy atom. The van der Waals surface area contributed by atoms with Gasteiger partial charge in [0.15, 0.2) is 0 Å². The lowest BCUT2D eigenvalue weighted by Gasteiger charge is -2.04. The van der Waals surface area contributed by atoms with E-state index in [1.54, 1.807) is 0 Å². The lowest BCUT2D eigenvalue weighted by Crippen LogP contribution is -2.21. The van der Waals surface area contributed by atoms with Crippen molar-refractivity contribution >= 4 is 27.8 Å². The van der Waals surface area contributed by atoms with Gasteiger partial charge in [-0.1, -0.05) is 24.3 Å². The molecular formula is C20H21N5O2. The Kier molecular flexibility index (Phi) is 4.62. The van der Waals surface area contributed by atoms with Crippen molar-refractivity contribution < 1.29 is 9.90 Å². The summed E-state index contributed by atoms with van der Waals surface area (Å²) in [7, 11) is 0. The number of nitrogens with zero attached hydrogens (tertiary/aromatic N) is 1. The van der Waals surface area contributed by atoms with Gasteiger partial charge in [-0.05, 0) is 29.3 Å². The number of nitrogens with two attached hydrogens (primary N) is 1. The van der Waals surface area contributed by atoms with E-state index in [0.717, 1.165) is 51.8 Å². The summed E-state index contributed by atoms with van der Waals surface area (Å²) in [4.78, 5) is 14.4. The average Bonchev–Trinajstić information content (AvgIpc) is 3.25. The summed E-state index contributed by atoms with van der Waals surface area (Å²) in [5.74, 6) is -0.847. The quantitative estimate of drug-likeness (QED) is 0.323. The third-order valence-corrected chi connectivity index (χ3v) is 4.63. The van der Waals surface area contributed by atoms with Gasteiger partial charge < -0.3 is 21.1 Å². The molecule has 0 aliphatic carbocycles. The van der Waals surface area contributed by atoms with Gasteiger partial charge in [-0.2, -0.15) is 5.10 Å². The number of aromatic nitrogens is 3. The lowest BCUT2D eigenvalue weighted by molar-refractivity contribution is -0.136. The van der Waals surface area contributed by atoms with Crippen LogP contribution in [0.25, 0.3) is 33.2 Å². The van der Waals surface area contributed by atoms with Crippen molar-refractivity contribution in [3.05, 3.63) is 53.6 Å². The standard InChI is InChI=1S/C20H21N5O2/c21-6-7-22-11-13-2-1-3-16-15(13)10-18(23-16)20-14-5-4-12(9-19(26)27)8-17(14)24-25-20/h1-5,8,10,22-23H,6-7,9,11,21H2,(H,24,25)(H,26,27). The van der Waals surface area contributed by atoms with Gasteiger partial charge in [0, 0.05) is 35.9 Å². The van der Waals surface area contributed by atoms with Gasteiger partial charge in [0.05, 0.1) is 17.6 Å². The molecule has 2 heterocycles. The van der Waals surface area contributed by atoms with E-state index in [1.807, 2.05) is 30.3 Å². The number of rotatable bonds is 7. The molecule has 4 aromatic rings. The highest BCUT2D eigenvalue weighted by molar-refractivity contribution is 5.96. The minimum Gasteiger partial charge on any atom is -0.481 e. The van der Waals surface area contributed by atoms with E-state index >= 15 is 0 Å². The van der Waals surface area contributed by atoms with Crippen LogP contribution in [0, 0.1) is 0 Å². The van der Waals surface area contributed by atoms with Crippen LogP contribution in [-0.4, -0.2) is 39.3 Å². The van der Waals surface area contributed by atoms with Crippen molar-refractivity contribution in [3.63, 3.8) is 0 Å². The third kappa shape index (κ3) is 3.42. The molecule has 2 aromatic heterocycles. The topological polar surface area (TPSA) is 120 Å².